The minimum Gasteiger partial charge on any atom is -0.496 e. The van der Waals surface area contributed by atoms with Crippen LogP contribution in [0, 0.1) is 5.41 Å². The molecule has 6 aromatic rings. The second kappa shape index (κ2) is 9.91. The SMILES string of the molecule is COc1cc(OCc2csc(Nc3ccc4[nH]ccc4c3)n2)c2cc(-c3cnc(/C=C\C(C)=N)[nH]3)oc2c1. The molecule has 2 aromatic carbocycles. The summed E-state index contributed by atoms with van der Waals surface area (Å²) < 4.78 is 17.8. The Hall–Kier alpha value is -4.83. The molecule has 0 saturated heterocycles. The largest absolute Gasteiger partial charge is 0.496 e. The minimum atomic E-state index is 0.291. The van der Waals surface area contributed by atoms with Crippen LogP contribution in [0.15, 0.2) is 70.7 Å². The number of aromatic nitrogens is 4. The lowest BCUT2D eigenvalue weighted by Crippen LogP contribution is -1.97. The Morgan fingerprint density at radius 1 is 1.21 bits per heavy atom. The molecular formula is C28H24N6O3S. The number of nitrogens with one attached hydrogen (secondary N) is 4. The van der Waals surface area contributed by atoms with Crippen LogP contribution in [-0.4, -0.2) is 32.8 Å². The molecule has 4 heterocycles. The molecule has 0 aliphatic carbocycles. The zero-order chi connectivity index (χ0) is 26.1. The standard InChI is InChI=1S/C28H24N6O3S/c1-16(29)3-6-27-31-13-23(34-27)26-12-21-24(10-20(35-2)11-25(21)37-26)36-14-19-15-38-28(33-19)32-18-4-5-22-17(9-18)7-8-30-22/h3-13,15,29-30H,14H2,1-2H3,(H,31,34)(H,32,33)/b6-3-,29-16?. The monoisotopic (exact) mass is 524 g/mol. The van der Waals surface area contributed by atoms with Crippen molar-refractivity contribution in [3.8, 4) is 23.0 Å². The Labute approximate surface area is 221 Å². The maximum atomic E-state index is 7.54. The lowest BCUT2D eigenvalue weighted by atomic mass is 10.2. The molecule has 10 heteroatoms. The molecule has 0 atom stereocenters. The molecular weight excluding hydrogens is 500 g/mol. The number of nitrogens with zero attached hydrogens (tertiary/aromatic N) is 2. The second-order valence-corrected chi connectivity index (χ2v) is 9.54. The molecule has 38 heavy (non-hydrogen) atoms. The lowest BCUT2D eigenvalue weighted by molar-refractivity contribution is 0.303. The third kappa shape index (κ3) is 4.89. The molecule has 0 fully saturated rings. The summed E-state index contributed by atoms with van der Waals surface area (Å²) in [4.78, 5) is 15.4. The molecule has 0 bridgehead atoms. The van der Waals surface area contributed by atoms with Crippen molar-refractivity contribution in [3.63, 3.8) is 0 Å². The highest BCUT2D eigenvalue weighted by atomic mass is 32.1. The van der Waals surface area contributed by atoms with Gasteiger partial charge in [-0.2, -0.15) is 0 Å². The summed E-state index contributed by atoms with van der Waals surface area (Å²) in [6.45, 7) is 2.00. The number of benzene rings is 2. The average Bonchev–Trinajstić information content (AvgIpc) is 3.71. The first kappa shape index (κ1) is 23.6. The molecule has 0 radical (unpaired) electrons. The molecule has 0 aliphatic rings. The zero-order valence-electron chi connectivity index (χ0n) is 20.7. The molecule has 6 rings (SSSR count). The summed E-state index contributed by atoms with van der Waals surface area (Å²) in [5.41, 5.74) is 4.69. The fourth-order valence-electron chi connectivity index (χ4n) is 4.04. The number of H-pyrrole nitrogens is 2. The number of hydrogen-bond donors (Lipinski definition) is 4. The first-order valence-corrected chi connectivity index (χ1v) is 12.7. The molecule has 0 spiro atoms. The average molecular weight is 525 g/mol. The number of methoxy groups -OCH3 is 1. The van der Waals surface area contributed by atoms with Gasteiger partial charge in [0.1, 0.15) is 35.2 Å². The number of thiazole rings is 1. The summed E-state index contributed by atoms with van der Waals surface area (Å²) in [5, 5.41) is 15.6. The molecule has 0 amide bonds. The van der Waals surface area contributed by atoms with E-state index < -0.39 is 0 Å². The van der Waals surface area contributed by atoms with E-state index in [4.69, 9.17) is 19.3 Å². The first-order valence-electron chi connectivity index (χ1n) is 11.9. The van der Waals surface area contributed by atoms with Crippen molar-refractivity contribution in [2.75, 3.05) is 12.4 Å². The number of aromatic amines is 2. The predicted octanol–water partition coefficient (Wildman–Crippen LogP) is 7.14. The third-order valence-electron chi connectivity index (χ3n) is 5.89. The number of ether oxygens (including phenoxy) is 2. The Balaban J connectivity index is 1.20. The van der Waals surface area contributed by atoms with E-state index in [1.165, 1.54) is 11.3 Å². The molecule has 190 valence electrons. The van der Waals surface area contributed by atoms with Crippen LogP contribution in [0.25, 0.3) is 39.4 Å². The summed E-state index contributed by atoms with van der Waals surface area (Å²) in [5.74, 6) is 2.52. The van der Waals surface area contributed by atoms with Crippen LogP contribution < -0.4 is 14.8 Å². The smallest absolute Gasteiger partial charge is 0.187 e. The Bertz CT molecular complexity index is 1790. The zero-order valence-corrected chi connectivity index (χ0v) is 21.5. The maximum absolute atomic E-state index is 7.54. The number of imidazole rings is 1. The van der Waals surface area contributed by atoms with Gasteiger partial charge in [-0.3, -0.25) is 0 Å². The van der Waals surface area contributed by atoms with Crippen molar-refractivity contribution >= 4 is 55.8 Å². The quantitative estimate of drug-likeness (QED) is 0.149. The van der Waals surface area contributed by atoms with Crippen molar-refractivity contribution in [1.29, 1.82) is 5.41 Å². The van der Waals surface area contributed by atoms with Gasteiger partial charge in [-0.05, 0) is 49.4 Å². The topological polar surface area (TPSA) is 125 Å². The van der Waals surface area contributed by atoms with Crippen LogP contribution in [0.3, 0.4) is 0 Å². The van der Waals surface area contributed by atoms with Gasteiger partial charge in [-0.25, -0.2) is 9.97 Å². The van der Waals surface area contributed by atoms with Gasteiger partial charge in [-0.1, -0.05) is 0 Å². The van der Waals surface area contributed by atoms with Crippen LogP contribution in [0.1, 0.15) is 18.4 Å². The minimum absolute atomic E-state index is 0.291. The first-order chi connectivity index (χ1) is 18.5. The van der Waals surface area contributed by atoms with E-state index >= 15 is 0 Å². The highest BCUT2D eigenvalue weighted by Crippen LogP contribution is 2.37. The fourth-order valence-corrected chi connectivity index (χ4v) is 4.76. The summed E-state index contributed by atoms with van der Waals surface area (Å²) in [6.07, 6.45) is 7.06. The normalized spacial score (nSPS) is 11.5. The van der Waals surface area contributed by atoms with E-state index in [2.05, 4.69) is 31.3 Å². The van der Waals surface area contributed by atoms with Gasteiger partial charge in [0, 0.05) is 46.0 Å². The van der Waals surface area contributed by atoms with E-state index in [9.17, 15) is 0 Å². The van der Waals surface area contributed by atoms with E-state index in [1.54, 1.807) is 32.4 Å². The number of anilines is 2. The Kier molecular flexibility index (Phi) is 6.14. The van der Waals surface area contributed by atoms with E-state index in [1.807, 2.05) is 48.0 Å². The third-order valence-corrected chi connectivity index (χ3v) is 6.70. The lowest BCUT2D eigenvalue weighted by Gasteiger charge is -2.08. The van der Waals surface area contributed by atoms with Crippen molar-refractivity contribution in [1.82, 2.24) is 19.9 Å². The number of rotatable bonds is 9. The number of hydrogen-bond acceptors (Lipinski definition) is 8. The van der Waals surface area contributed by atoms with Crippen molar-refractivity contribution in [2.45, 2.75) is 13.5 Å². The maximum Gasteiger partial charge on any atom is 0.187 e. The van der Waals surface area contributed by atoms with Crippen LogP contribution in [0.2, 0.25) is 0 Å². The number of fused-ring (bicyclic) bond motifs is 2. The molecule has 9 nitrogen and oxygen atoms in total. The van der Waals surface area contributed by atoms with Crippen molar-refractivity contribution in [2.24, 2.45) is 0 Å². The van der Waals surface area contributed by atoms with Gasteiger partial charge >= 0.3 is 0 Å². The van der Waals surface area contributed by atoms with Crippen molar-refractivity contribution in [3.05, 3.63) is 77.8 Å². The number of furan rings is 1. The number of allylic oxidation sites excluding steroid dienone is 1. The van der Waals surface area contributed by atoms with Crippen LogP contribution in [0.5, 0.6) is 11.5 Å². The second-order valence-electron chi connectivity index (χ2n) is 8.68. The Morgan fingerprint density at radius 2 is 2.13 bits per heavy atom. The molecule has 0 saturated carbocycles. The van der Waals surface area contributed by atoms with Gasteiger partial charge < -0.3 is 34.6 Å². The van der Waals surface area contributed by atoms with Gasteiger partial charge in [0.25, 0.3) is 0 Å². The van der Waals surface area contributed by atoms with Crippen LogP contribution >= 0.6 is 11.3 Å². The van der Waals surface area contributed by atoms with E-state index in [0.29, 0.717) is 41.0 Å². The molecule has 0 unspecified atom stereocenters. The fraction of sp³-hybridized carbons (Fsp3) is 0.107. The molecule has 4 aromatic heterocycles. The van der Waals surface area contributed by atoms with Gasteiger partial charge in [0.2, 0.25) is 0 Å². The van der Waals surface area contributed by atoms with E-state index in [0.717, 1.165) is 38.5 Å². The van der Waals surface area contributed by atoms with Crippen LogP contribution in [0.4, 0.5) is 10.8 Å². The van der Waals surface area contributed by atoms with Crippen molar-refractivity contribution < 1.29 is 13.9 Å². The molecule has 0 aliphatic heterocycles. The Morgan fingerprint density at radius 3 is 3.00 bits per heavy atom. The van der Waals surface area contributed by atoms with Gasteiger partial charge in [0.05, 0.1) is 24.4 Å². The summed E-state index contributed by atoms with van der Waals surface area (Å²) >= 11 is 1.52. The summed E-state index contributed by atoms with van der Waals surface area (Å²) in [7, 11) is 1.61. The van der Waals surface area contributed by atoms with E-state index in [-0.39, 0.29) is 0 Å². The summed E-state index contributed by atoms with van der Waals surface area (Å²) in [6, 6.07) is 13.8. The van der Waals surface area contributed by atoms with Gasteiger partial charge in [-0.15, -0.1) is 11.3 Å². The van der Waals surface area contributed by atoms with Crippen LogP contribution in [-0.2, 0) is 6.61 Å². The molecule has 4 N–H and O–H groups in total. The highest BCUT2D eigenvalue weighted by Gasteiger charge is 2.15. The highest BCUT2D eigenvalue weighted by molar-refractivity contribution is 7.13. The predicted molar refractivity (Wildman–Crippen MR) is 151 cm³/mol. The van der Waals surface area contributed by atoms with Gasteiger partial charge in [0.15, 0.2) is 10.9 Å².